The Labute approximate surface area is 156 Å². The molecule has 1 aliphatic heterocycles. The van der Waals surface area contributed by atoms with Gasteiger partial charge in [0, 0.05) is 24.2 Å². The van der Waals surface area contributed by atoms with E-state index in [1.54, 1.807) is 12.3 Å². The Morgan fingerprint density at radius 3 is 3.04 bits per heavy atom. The van der Waals surface area contributed by atoms with E-state index >= 15 is 0 Å². The molecule has 1 unspecified atom stereocenters. The number of carbonyl (C=O) groups excluding carboxylic acids is 1. The fraction of sp³-hybridized carbons (Fsp3) is 0.316. The van der Waals surface area contributed by atoms with Crippen molar-refractivity contribution in [1.29, 1.82) is 0 Å². The van der Waals surface area contributed by atoms with Crippen LogP contribution in [0, 0.1) is 6.92 Å². The minimum absolute atomic E-state index is 0.0714. The summed E-state index contributed by atoms with van der Waals surface area (Å²) in [5, 5.41) is 8.52. The molecule has 3 aromatic rings. The first-order chi connectivity index (χ1) is 12.6. The molecule has 3 heterocycles. The third kappa shape index (κ3) is 3.12. The number of likely N-dealkylation sites (tertiary alicyclic amines) is 1. The maximum atomic E-state index is 13.0. The molecule has 0 spiro atoms. The number of pyridine rings is 1. The number of hydrogen-bond acceptors (Lipinski definition) is 4. The normalized spacial score (nSPS) is 17.5. The fourth-order valence-corrected chi connectivity index (χ4v) is 3.67. The minimum Gasteiger partial charge on any atom is -0.361 e. The van der Waals surface area contributed by atoms with E-state index in [1.165, 1.54) is 0 Å². The second-order valence-electron chi connectivity index (χ2n) is 6.49. The summed E-state index contributed by atoms with van der Waals surface area (Å²) < 4.78 is 5.20. The topological polar surface area (TPSA) is 71.3 Å². The molecule has 2 aromatic heterocycles. The number of amides is 2. The Kier molecular flexibility index (Phi) is 4.51. The molecular formula is C19H19ClN4O2. The zero-order valence-corrected chi connectivity index (χ0v) is 15.2. The van der Waals surface area contributed by atoms with Gasteiger partial charge in [0.15, 0.2) is 0 Å². The number of urea groups is 1. The average Bonchev–Trinajstić information content (AvgIpc) is 3.10. The number of hydrogen-bond donors (Lipinski definition) is 1. The van der Waals surface area contributed by atoms with E-state index < -0.39 is 0 Å². The van der Waals surface area contributed by atoms with Crippen LogP contribution in [0.3, 0.4) is 0 Å². The summed E-state index contributed by atoms with van der Waals surface area (Å²) >= 11 is 6.22. The first kappa shape index (κ1) is 16.8. The van der Waals surface area contributed by atoms with Crippen molar-refractivity contribution in [1.82, 2.24) is 15.0 Å². The highest BCUT2D eigenvalue weighted by atomic mass is 35.5. The average molecular weight is 371 g/mol. The molecule has 1 saturated heterocycles. The Hall–Kier alpha value is -2.60. The second-order valence-corrected chi connectivity index (χ2v) is 6.90. The van der Waals surface area contributed by atoms with Crippen LogP contribution in [0.1, 0.15) is 36.8 Å². The third-order valence-electron chi connectivity index (χ3n) is 4.71. The summed E-state index contributed by atoms with van der Waals surface area (Å²) in [7, 11) is 0. The van der Waals surface area contributed by atoms with Crippen LogP contribution in [0.5, 0.6) is 0 Å². The molecule has 26 heavy (non-hydrogen) atoms. The summed E-state index contributed by atoms with van der Waals surface area (Å²) in [6.07, 6.45) is 4.60. The largest absolute Gasteiger partial charge is 0.361 e. The molecule has 1 atom stereocenters. The van der Waals surface area contributed by atoms with Gasteiger partial charge in [-0.05, 0) is 50.5 Å². The lowest BCUT2D eigenvalue weighted by atomic mass is 9.99. The third-order valence-corrected chi connectivity index (χ3v) is 5.02. The lowest BCUT2D eigenvalue weighted by molar-refractivity contribution is 0.159. The molecule has 1 N–H and O–H groups in total. The molecule has 7 heteroatoms. The Morgan fingerprint density at radius 1 is 1.35 bits per heavy atom. The van der Waals surface area contributed by atoms with E-state index in [4.69, 9.17) is 16.1 Å². The standard InChI is InChI=1S/C19H19ClN4O2/c1-12-11-16(23-26-12)17-6-2-3-10-24(17)19(25)22-15-8-7-14(20)18-13(15)5-4-9-21-18/h4-5,7-9,11,17H,2-3,6,10H2,1H3,(H,22,25). The van der Waals surface area contributed by atoms with Crippen molar-refractivity contribution in [2.45, 2.75) is 32.2 Å². The van der Waals surface area contributed by atoms with Gasteiger partial charge in [-0.1, -0.05) is 16.8 Å². The second kappa shape index (κ2) is 6.96. The number of halogens is 1. The molecule has 1 aliphatic rings. The van der Waals surface area contributed by atoms with Crippen molar-refractivity contribution in [3.05, 3.63) is 53.0 Å². The van der Waals surface area contributed by atoms with E-state index in [9.17, 15) is 4.79 Å². The number of piperidine rings is 1. The summed E-state index contributed by atoms with van der Waals surface area (Å²) in [6.45, 7) is 2.54. The molecule has 2 amide bonds. The number of anilines is 1. The molecule has 1 fully saturated rings. The summed E-state index contributed by atoms with van der Waals surface area (Å²) in [5.74, 6) is 0.751. The van der Waals surface area contributed by atoms with E-state index in [0.717, 1.165) is 36.1 Å². The van der Waals surface area contributed by atoms with Crippen molar-refractivity contribution in [2.24, 2.45) is 0 Å². The fourth-order valence-electron chi connectivity index (χ4n) is 3.46. The number of nitrogens with one attached hydrogen (secondary N) is 1. The highest BCUT2D eigenvalue weighted by molar-refractivity contribution is 6.35. The number of benzene rings is 1. The first-order valence-electron chi connectivity index (χ1n) is 8.67. The Morgan fingerprint density at radius 2 is 2.23 bits per heavy atom. The van der Waals surface area contributed by atoms with Crippen molar-refractivity contribution in [2.75, 3.05) is 11.9 Å². The van der Waals surface area contributed by atoms with Crippen LogP contribution in [0.15, 0.2) is 41.1 Å². The van der Waals surface area contributed by atoms with Gasteiger partial charge in [0.1, 0.15) is 11.5 Å². The molecule has 1 aromatic carbocycles. The van der Waals surface area contributed by atoms with Crippen molar-refractivity contribution < 1.29 is 9.32 Å². The zero-order chi connectivity index (χ0) is 18.1. The predicted molar refractivity (Wildman–Crippen MR) is 100 cm³/mol. The predicted octanol–water partition coefficient (Wildman–Crippen LogP) is 4.94. The summed E-state index contributed by atoms with van der Waals surface area (Å²) in [6, 6.07) is 8.97. The molecule has 0 radical (unpaired) electrons. The van der Waals surface area contributed by atoms with Crippen LogP contribution in [-0.4, -0.2) is 27.6 Å². The maximum Gasteiger partial charge on any atom is 0.322 e. The van der Waals surface area contributed by atoms with Gasteiger partial charge in [0.05, 0.1) is 22.3 Å². The molecule has 0 bridgehead atoms. The first-order valence-corrected chi connectivity index (χ1v) is 9.05. The van der Waals surface area contributed by atoms with Gasteiger partial charge in [-0.15, -0.1) is 0 Å². The van der Waals surface area contributed by atoms with Gasteiger partial charge < -0.3 is 14.7 Å². The quantitative estimate of drug-likeness (QED) is 0.693. The lowest BCUT2D eigenvalue weighted by Crippen LogP contribution is -2.41. The van der Waals surface area contributed by atoms with E-state index in [1.807, 2.05) is 36.1 Å². The van der Waals surface area contributed by atoms with Crippen LogP contribution in [0.4, 0.5) is 10.5 Å². The van der Waals surface area contributed by atoms with Crippen LogP contribution in [-0.2, 0) is 0 Å². The minimum atomic E-state index is -0.150. The number of fused-ring (bicyclic) bond motifs is 1. The molecular weight excluding hydrogens is 352 g/mol. The van der Waals surface area contributed by atoms with Gasteiger partial charge in [-0.3, -0.25) is 4.98 Å². The van der Waals surface area contributed by atoms with Gasteiger partial charge in [0.2, 0.25) is 0 Å². The number of aromatic nitrogens is 2. The Bertz CT molecular complexity index is 956. The zero-order valence-electron chi connectivity index (χ0n) is 14.4. The molecule has 0 aliphatic carbocycles. The number of nitrogens with zero attached hydrogens (tertiary/aromatic N) is 3. The van der Waals surface area contributed by atoms with Gasteiger partial charge in [-0.25, -0.2) is 4.79 Å². The molecule has 6 nitrogen and oxygen atoms in total. The van der Waals surface area contributed by atoms with E-state index in [2.05, 4.69) is 15.5 Å². The van der Waals surface area contributed by atoms with E-state index in [0.29, 0.717) is 22.8 Å². The van der Waals surface area contributed by atoms with Crippen molar-refractivity contribution in [3.63, 3.8) is 0 Å². The van der Waals surface area contributed by atoms with Gasteiger partial charge >= 0.3 is 6.03 Å². The van der Waals surface area contributed by atoms with Crippen LogP contribution in [0.2, 0.25) is 5.02 Å². The number of rotatable bonds is 2. The molecule has 4 rings (SSSR count). The SMILES string of the molecule is Cc1cc(C2CCCCN2C(=O)Nc2ccc(Cl)c3ncccc23)no1. The summed E-state index contributed by atoms with van der Waals surface area (Å²) in [4.78, 5) is 19.1. The monoisotopic (exact) mass is 370 g/mol. The Balaban J connectivity index is 1.62. The number of carbonyl (C=O) groups is 1. The maximum absolute atomic E-state index is 13.0. The van der Waals surface area contributed by atoms with Crippen LogP contribution < -0.4 is 5.32 Å². The van der Waals surface area contributed by atoms with Gasteiger partial charge in [0.25, 0.3) is 0 Å². The summed E-state index contributed by atoms with van der Waals surface area (Å²) in [5.41, 5.74) is 2.18. The van der Waals surface area contributed by atoms with Crippen molar-refractivity contribution >= 4 is 34.2 Å². The lowest BCUT2D eigenvalue weighted by Gasteiger charge is -2.34. The van der Waals surface area contributed by atoms with Gasteiger partial charge in [-0.2, -0.15) is 0 Å². The van der Waals surface area contributed by atoms with Crippen molar-refractivity contribution in [3.8, 4) is 0 Å². The highest BCUT2D eigenvalue weighted by Gasteiger charge is 2.30. The van der Waals surface area contributed by atoms with Crippen LogP contribution in [0.25, 0.3) is 10.9 Å². The smallest absolute Gasteiger partial charge is 0.322 e. The van der Waals surface area contributed by atoms with E-state index in [-0.39, 0.29) is 12.1 Å². The highest BCUT2D eigenvalue weighted by Crippen LogP contribution is 2.32. The number of aryl methyl sites for hydroxylation is 1. The van der Waals surface area contributed by atoms with Crippen LogP contribution >= 0.6 is 11.6 Å². The molecule has 0 saturated carbocycles. The molecule has 134 valence electrons.